The summed E-state index contributed by atoms with van der Waals surface area (Å²) < 4.78 is 16.4. The molecule has 0 rings (SSSR count). The van der Waals surface area contributed by atoms with Crippen molar-refractivity contribution in [3.05, 3.63) is 0 Å². The highest BCUT2D eigenvalue weighted by Crippen LogP contribution is 2.37. The maximum Gasteiger partial charge on any atom is 0.372 e. The first-order chi connectivity index (χ1) is 4.86. The fourth-order valence-electron chi connectivity index (χ4n) is 0.386. The summed E-state index contributed by atoms with van der Waals surface area (Å²) in [7, 11) is -2.69. The van der Waals surface area contributed by atoms with Crippen LogP contribution < -0.4 is 0 Å². The lowest BCUT2D eigenvalue weighted by atomic mass is 9.82. The molecule has 0 aliphatic carbocycles. The summed E-state index contributed by atoms with van der Waals surface area (Å²) in [4.78, 5) is 8.27. The van der Waals surface area contributed by atoms with E-state index < -0.39 is 8.69 Å². The highest BCUT2D eigenvalue weighted by molar-refractivity contribution is 7.40. The maximum atomic E-state index is 11.9. The van der Waals surface area contributed by atoms with Gasteiger partial charge in [-0.3, -0.25) is 0 Å². The van der Waals surface area contributed by atoms with Crippen molar-refractivity contribution in [1.29, 1.82) is 0 Å². The number of halogens is 1. The second-order valence-electron chi connectivity index (χ2n) is 3.64. The molecule has 0 amide bonds. The second-order valence-corrected chi connectivity index (χ2v) is 4.35. The van der Waals surface area contributed by atoms with Crippen LogP contribution >= 0.6 is 8.69 Å². The van der Waals surface area contributed by atoms with Crippen molar-refractivity contribution in [3.63, 3.8) is 0 Å². The van der Waals surface area contributed by atoms with Gasteiger partial charge in [-0.1, -0.05) is 27.7 Å². The molecule has 0 aliphatic heterocycles. The van der Waals surface area contributed by atoms with E-state index in [9.17, 15) is 4.20 Å². The lowest BCUT2D eigenvalue weighted by molar-refractivity contribution is 0.124. The lowest BCUT2D eigenvalue weighted by Crippen LogP contribution is -2.24. The quantitative estimate of drug-likeness (QED) is 0.677. The largest absolute Gasteiger partial charge is 0.372 e. The van der Waals surface area contributed by atoms with Gasteiger partial charge < -0.3 is 9.42 Å². The Hall–Kier alpha value is 0.280. The first kappa shape index (κ1) is 11.3. The van der Waals surface area contributed by atoms with Crippen LogP contribution in [-0.2, 0) is 4.52 Å². The number of rotatable bonds is 4. The standard InChI is InChI=1S/C7H16FO2P/c1-6(2)7(3,4)5-10-11(8)9/h6,9H,5H2,1-4H3. The average Bonchev–Trinajstić information content (AvgIpc) is 1.84. The molecule has 0 bridgehead atoms. The van der Waals surface area contributed by atoms with Crippen LogP contribution in [0.15, 0.2) is 0 Å². The molecule has 0 saturated carbocycles. The number of hydrogen-bond donors (Lipinski definition) is 1. The van der Waals surface area contributed by atoms with E-state index in [0.29, 0.717) is 5.92 Å². The van der Waals surface area contributed by atoms with Gasteiger partial charge in [0.15, 0.2) is 0 Å². The zero-order valence-corrected chi connectivity index (χ0v) is 8.36. The van der Waals surface area contributed by atoms with Gasteiger partial charge in [0.1, 0.15) is 0 Å². The Morgan fingerprint density at radius 1 is 1.55 bits per heavy atom. The van der Waals surface area contributed by atoms with E-state index >= 15 is 0 Å². The van der Waals surface area contributed by atoms with Gasteiger partial charge in [-0.2, -0.15) is 4.20 Å². The molecule has 4 heteroatoms. The predicted octanol–water partition coefficient (Wildman–Crippen LogP) is 2.87. The van der Waals surface area contributed by atoms with Crippen LogP contribution in [0.2, 0.25) is 0 Å². The molecule has 11 heavy (non-hydrogen) atoms. The SMILES string of the molecule is CC(C)C(C)(C)COP(O)F. The molecule has 0 heterocycles. The predicted molar refractivity (Wildman–Crippen MR) is 44.8 cm³/mol. The Morgan fingerprint density at radius 3 is 2.27 bits per heavy atom. The van der Waals surface area contributed by atoms with Gasteiger partial charge in [0.2, 0.25) is 0 Å². The van der Waals surface area contributed by atoms with E-state index in [0.717, 1.165) is 0 Å². The highest BCUT2D eigenvalue weighted by Gasteiger charge is 2.24. The summed E-state index contributed by atoms with van der Waals surface area (Å²) in [5, 5.41) is 0. The van der Waals surface area contributed by atoms with Gasteiger partial charge in [-0.25, -0.2) is 0 Å². The fourth-order valence-corrected chi connectivity index (χ4v) is 0.826. The minimum absolute atomic E-state index is 0.0740. The Bertz CT molecular complexity index is 115. The van der Waals surface area contributed by atoms with Crippen molar-refractivity contribution in [3.8, 4) is 0 Å². The first-order valence-electron chi connectivity index (χ1n) is 3.64. The lowest BCUT2D eigenvalue weighted by Gasteiger charge is -2.28. The Kier molecular flexibility index (Phi) is 4.45. The summed E-state index contributed by atoms with van der Waals surface area (Å²) in [5.74, 6) is 0.414. The van der Waals surface area contributed by atoms with Crippen molar-refractivity contribution in [2.24, 2.45) is 11.3 Å². The van der Waals surface area contributed by atoms with Crippen molar-refractivity contribution in [2.45, 2.75) is 27.7 Å². The summed E-state index contributed by atoms with van der Waals surface area (Å²) in [5.41, 5.74) is -0.0740. The molecule has 0 saturated heterocycles. The summed E-state index contributed by atoms with van der Waals surface area (Å²) in [6.07, 6.45) is 0. The molecule has 0 aromatic carbocycles. The summed E-state index contributed by atoms with van der Waals surface area (Å²) in [6, 6.07) is 0. The maximum absolute atomic E-state index is 11.9. The Labute approximate surface area is 68.8 Å². The van der Waals surface area contributed by atoms with Crippen LogP contribution in [0, 0.1) is 11.3 Å². The molecular formula is C7H16FO2P. The van der Waals surface area contributed by atoms with E-state index in [1.54, 1.807) is 0 Å². The van der Waals surface area contributed by atoms with Gasteiger partial charge in [0.05, 0.1) is 6.61 Å². The topological polar surface area (TPSA) is 29.5 Å². The van der Waals surface area contributed by atoms with Crippen molar-refractivity contribution in [2.75, 3.05) is 6.61 Å². The molecule has 1 unspecified atom stereocenters. The molecule has 0 fully saturated rings. The van der Waals surface area contributed by atoms with Crippen LogP contribution in [0.5, 0.6) is 0 Å². The third-order valence-electron chi connectivity index (χ3n) is 2.11. The Morgan fingerprint density at radius 2 is 2.00 bits per heavy atom. The molecule has 68 valence electrons. The third-order valence-corrected chi connectivity index (χ3v) is 2.45. The highest BCUT2D eigenvalue weighted by atomic mass is 31.2. The van der Waals surface area contributed by atoms with Crippen LogP contribution in [0.25, 0.3) is 0 Å². The van der Waals surface area contributed by atoms with E-state index in [-0.39, 0.29) is 12.0 Å². The van der Waals surface area contributed by atoms with Gasteiger partial charge in [-0.15, -0.1) is 0 Å². The molecule has 1 atom stereocenters. The van der Waals surface area contributed by atoms with E-state index in [1.807, 2.05) is 27.7 Å². The van der Waals surface area contributed by atoms with Crippen LogP contribution in [0.1, 0.15) is 27.7 Å². The summed E-state index contributed by atoms with van der Waals surface area (Å²) >= 11 is 0. The van der Waals surface area contributed by atoms with E-state index in [2.05, 4.69) is 4.52 Å². The zero-order valence-electron chi connectivity index (χ0n) is 7.47. The molecule has 1 N–H and O–H groups in total. The van der Waals surface area contributed by atoms with Crippen molar-refractivity contribution < 1.29 is 13.6 Å². The summed E-state index contributed by atoms with van der Waals surface area (Å²) in [6.45, 7) is 8.32. The van der Waals surface area contributed by atoms with E-state index in [4.69, 9.17) is 4.89 Å². The molecular weight excluding hydrogens is 166 g/mol. The second kappa shape index (κ2) is 4.34. The third kappa shape index (κ3) is 4.67. The Balaban J connectivity index is 3.73. The normalized spacial score (nSPS) is 15.5. The zero-order chi connectivity index (χ0) is 9.07. The van der Waals surface area contributed by atoms with E-state index in [1.165, 1.54) is 0 Å². The number of hydrogen-bond acceptors (Lipinski definition) is 2. The first-order valence-corrected chi connectivity index (χ1v) is 4.74. The van der Waals surface area contributed by atoms with Crippen LogP contribution in [0.4, 0.5) is 4.20 Å². The van der Waals surface area contributed by atoms with Gasteiger partial charge in [-0.05, 0) is 11.3 Å². The van der Waals surface area contributed by atoms with Crippen LogP contribution in [-0.4, -0.2) is 11.5 Å². The van der Waals surface area contributed by atoms with Gasteiger partial charge in [0, 0.05) is 0 Å². The van der Waals surface area contributed by atoms with Crippen molar-refractivity contribution in [1.82, 2.24) is 0 Å². The minimum atomic E-state index is -2.69. The minimum Gasteiger partial charge on any atom is -0.325 e. The fraction of sp³-hybridized carbons (Fsp3) is 1.00. The smallest absolute Gasteiger partial charge is 0.325 e. The molecule has 0 aliphatic rings. The monoisotopic (exact) mass is 182 g/mol. The molecule has 0 spiro atoms. The molecule has 0 aromatic heterocycles. The average molecular weight is 182 g/mol. The van der Waals surface area contributed by atoms with Crippen molar-refractivity contribution >= 4 is 8.69 Å². The van der Waals surface area contributed by atoms with Gasteiger partial charge >= 0.3 is 8.69 Å². The molecule has 2 nitrogen and oxygen atoms in total. The van der Waals surface area contributed by atoms with Crippen LogP contribution in [0.3, 0.4) is 0 Å². The molecule has 0 radical (unpaired) electrons. The molecule has 0 aromatic rings. The van der Waals surface area contributed by atoms with Gasteiger partial charge in [0.25, 0.3) is 0 Å².